The Morgan fingerprint density at radius 1 is 1.41 bits per heavy atom. The first kappa shape index (κ1) is 14.7. The second-order valence-electron chi connectivity index (χ2n) is 5.51. The molecule has 3 rings (SSSR count). The Morgan fingerprint density at radius 2 is 2.23 bits per heavy atom. The maximum atomic E-state index is 12.3. The number of hydrogen-bond donors (Lipinski definition) is 1. The van der Waals surface area contributed by atoms with Gasteiger partial charge in [-0.3, -0.25) is 9.59 Å². The molecule has 0 saturated carbocycles. The number of hydrogen-bond acceptors (Lipinski definition) is 4. The van der Waals surface area contributed by atoms with E-state index in [4.69, 9.17) is 0 Å². The van der Waals surface area contributed by atoms with E-state index >= 15 is 0 Å². The predicted molar refractivity (Wildman–Crippen MR) is 87.1 cm³/mol. The molecular formula is C16H17N3O2S. The van der Waals surface area contributed by atoms with Gasteiger partial charge in [0.1, 0.15) is 0 Å². The third kappa shape index (κ3) is 3.01. The normalized spacial score (nSPS) is 17.8. The summed E-state index contributed by atoms with van der Waals surface area (Å²) in [6.45, 7) is 4.34. The standard InChI is InChI=1S/C16H17N3O2S/c1-10-4-3-5-13(6-10)19-9-12(7-14(19)20)15(21)18-16-17-8-11(2)22-16/h3-6,8,12H,7,9H2,1-2H3,(H,17,18,21)/t12-/m1/s1. The molecule has 6 heteroatoms. The van der Waals surface area contributed by atoms with Crippen LogP contribution in [0.5, 0.6) is 0 Å². The van der Waals surface area contributed by atoms with E-state index in [0.717, 1.165) is 16.1 Å². The zero-order valence-corrected chi connectivity index (χ0v) is 13.3. The summed E-state index contributed by atoms with van der Waals surface area (Å²) in [5.74, 6) is -0.490. The monoisotopic (exact) mass is 315 g/mol. The Hall–Kier alpha value is -2.21. The maximum Gasteiger partial charge on any atom is 0.231 e. The molecule has 1 saturated heterocycles. The molecule has 1 atom stereocenters. The number of carbonyl (C=O) groups excluding carboxylic acids is 2. The number of aryl methyl sites for hydroxylation is 2. The van der Waals surface area contributed by atoms with Crippen molar-refractivity contribution in [2.45, 2.75) is 20.3 Å². The summed E-state index contributed by atoms with van der Waals surface area (Å²) in [7, 11) is 0. The van der Waals surface area contributed by atoms with Gasteiger partial charge in [-0.25, -0.2) is 4.98 Å². The van der Waals surface area contributed by atoms with Crippen molar-refractivity contribution in [3.05, 3.63) is 40.9 Å². The SMILES string of the molecule is Cc1cccc(N2C[C@H](C(=O)Nc3ncc(C)s3)CC2=O)c1. The van der Waals surface area contributed by atoms with Gasteiger partial charge in [-0.1, -0.05) is 12.1 Å². The van der Waals surface area contributed by atoms with Crippen LogP contribution in [0, 0.1) is 19.8 Å². The summed E-state index contributed by atoms with van der Waals surface area (Å²) in [4.78, 5) is 31.3. The Labute approximate surface area is 133 Å². The van der Waals surface area contributed by atoms with E-state index in [1.807, 2.05) is 38.1 Å². The van der Waals surface area contributed by atoms with Gasteiger partial charge in [-0.2, -0.15) is 0 Å². The lowest BCUT2D eigenvalue weighted by atomic mass is 10.1. The predicted octanol–water partition coefficient (Wildman–Crippen LogP) is 2.75. The summed E-state index contributed by atoms with van der Waals surface area (Å²) in [6, 6.07) is 7.76. The number of nitrogens with zero attached hydrogens (tertiary/aromatic N) is 2. The average molecular weight is 315 g/mol. The molecule has 1 aliphatic rings. The summed E-state index contributed by atoms with van der Waals surface area (Å²) in [6.07, 6.45) is 1.96. The van der Waals surface area contributed by atoms with Gasteiger partial charge in [0.2, 0.25) is 11.8 Å². The fourth-order valence-corrected chi connectivity index (χ4v) is 3.22. The van der Waals surface area contributed by atoms with Gasteiger partial charge >= 0.3 is 0 Å². The topological polar surface area (TPSA) is 62.3 Å². The fraction of sp³-hybridized carbons (Fsp3) is 0.312. The first-order valence-corrected chi connectivity index (χ1v) is 7.95. The largest absolute Gasteiger partial charge is 0.312 e. The van der Waals surface area contributed by atoms with Crippen LogP contribution in [0.1, 0.15) is 16.9 Å². The Bertz CT molecular complexity index is 726. The van der Waals surface area contributed by atoms with Crippen molar-refractivity contribution in [2.24, 2.45) is 5.92 Å². The van der Waals surface area contributed by atoms with Crippen LogP contribution in [0.15, 0.2) is 30.5 Å². The highest BCUT2D eigenvalue weighted by atomic mass is 32.1. The molecular weight excluding hydrogens is 298 g/mol. The zero-order chi connectivity index (χ0) is 15.7. The van der Waals surface area contributed by atoms with Gasteiger partial charge in [0.15, 0.2) is 5.13 Å². The number of nitrogens with one attached hydrogen (secondary N) is 1. The molecule has 2 amide bonds. The van der Waals surface area contributed by atoms with Crippen LogP contribution in [-0.4, -0.2) is 23.3 Å². The highest BCUT2D eigenvalue weighted by Gasteiger charge is 2.35. The molecule has 0 spiro atoms. The molecule has 1 aromatic carbocycles. The smallest absolute Gasteiger partial charge is 0.231 e. The van der Waals surface area contributed by atoms with Gasteiger partial charge in [0.25, 0.3) is 0 Å². The highest BCUT2D eigenvalue weighted by molar-refractivity contribution is 7.15. The number of carbonyl (C=O) groups is 2. The van der Waals surface area contributed by atoms with Crippen molar-refractivity contribution in [1.29, 1.82) is 0 Å². The van der Waals surface area contributed by atoms with Crippen LogP contribution in [0.3, 0.4) is 0 Å². The van der Waals surface area contributed by atoms with Crippen LogP contribution >= 0.6 is 11.3 Å². The highest BCUT2D eigenvalue weighted by Crippen LogP contribution is 2.27. The van der Waals surface area contributed by atoms with Crippen molar-refractivity contribution in [1.82, 2.24) is 4.98 Å². The van der Waals surface area contributed by atoms with E-state index in [1.54, 1.807) is 11.1 Å². The van der Waals surface area contributed by atoms with Crippen LogP contribution in [0.4, 0.5) is 10.8 Å². The summed E-state index contributed by atoms with van der Waals surface area (Å²) < 4.78 is 0. The van der Waals surface area contributed by atoms with Gasteiger partial charge in [-0.05, 0) is 31.5 Å². The molecule has 5 nitrogen and oxygen atoms in total. The molecule has 0 aliphatic carbocycles. The molecule has 1 aromatic heterocycles. The molecule has 114 valence electrons. The van der Waals surface area contributed by atoms with Crippen molar-refractivity contribution in [3.63, 3.8) is 0 Å². The van der Waals surface area contributed by atoms with Crippen molar-refractivity contribution in [2.75, 3.05) is 16.8 Å². The van der Waals surface area contributed by atoms with E-state index in [9.17, 15) is 9.59 Å². The first-order valence-electron chi connectivity index (χ1n) is 7.13. The summed E-state index contributed by atoms with van der Waals surface area (Å²) in [5, 5.41) is 3.39. The molecule has 1 N–H and O–H groups in total. The van der Waals surface area contributed by atoms with Gasteiger partial charge in [0, 0.05) is 29.7 Å². The van der Waals surface area contributed by atoms with Crippen molar-refractivity contribution in [3.8, 4) is 0 Å². The quantitative estimate of drug-likeness (QED) is 0.947. The van der Waals surface area contributed by atoms with E-state index in [2.05, 4.69) is 10.3 Å². The summed E-state index contributed by atoms with van der Waals surface area (Å²) >= 11 is 1.43. The van der Waals surface area contributed by atoms with Crippen molar-refractivity contribution < 1.29 is 9.59 Å². The Kier molecular flexibility index (Phi) is 3.94. The maximum absolute atomic E-state index is 12.3. The van der Waals surface area contributed by atoms with Gasteiger partial charge < -0.3 is 10.2 Å². The molecule has 2 heterocycles. The Morgan fingerprint density at radius 3 is 2.91 bits per heavy atom. The van der Waals surface area contributed by atoms with Crippen molar-refractivity contribution >= 4 is 34.0 Å². The minimum absolute atomic E-state index is 0.0129. The van der Waals surface area contributed by atoms with Gasteiger partial charge in [0.05, 0.1) is 5.92 Å². The number of anilines is 2. The van der Waals surface area contributed by atoms with Gasteiger partial charge in [-0.15, -0.1) is 11.3 Å². The first-order chi connectivity index (χ1) is 10.5. The second kappa shape index (κ2) is 5.88. The number of benzene rings is 1. The van der Waals surface area contributed by atoms with Crippen LogP contribution < -0.4 is 10.2 Å². The van der Waals surface area contributed by atoms with E-state index in [-0.39, 0.29) is 24.2 Å². The number of aromatic nitrogens is 1. The van der Waals surface area contributed by atoms with E-state index < -0.39 is 0 Å². The number of amides is 2. The Balaban J connectivity index is 1.70. The minimum atomic E-state index is -0.336. The second-order valence-corrected chi connectivity index (χ2v) is 6.74. The van der Waals surface area contributed by atoms with E-state index in [1.165, 1.54) is 11.3 Å². The molecule has 22 heavy (non-hydrogen) atoms. The molecule has 0 unspecified atom stereocenters. The molecule has 0 radical (unpaired) electrons. The lowest BCUT2D eigenvalue weighted by Crippen LogP contribution is -2.28. The lowest BCUT2D eigenvalue weighted by molar-refractivity contribution is -0.122. The average Bonchev–Trinajstić information content (AvgIpc) is 3.05. The number of rotatable bonds is 3. The van der Waals surface area contributed by atoms with Crippen LogP contribution in [0.25, 0.3) is 0 Å². The van der Waals surface area contributed by atoms with Crippen LogP contribution in [-0.2, 0) is 9.59 Å². The summed E-state index contributed by atoms with van der Waals surface area (Å²) in [5.41, 5.74) is 1.95. The third-order valence-corrected chi connectivity index (χ3v) is 4.49. The van der Waals surface area contributed by atoms with E-state index in [0.29, 0.717) is 11.7 Å². The number of thiazole rings is 1. The zero-order valence-electron chi connectivity index (χ0n) is 12.5. The molecule has 2 aromatic rings. The fourth-order valence-electron chi connectivity index (χ4n) is 2.55. The molecule has 1 aliphatic heterocycles. The minimum Gasteiger partial charge on any atom is -0.312 e. The lowest BCUT2D eigenvalue weighted by Gasteiger charge is -2.17. The molecule has 1 fully saturated rings. The third-order valence-electron chi connectivity index (χ3n) is 3.66. The van der Waals surface area contributed by atoms with Crippen LogP contribution in [0.2, 0.25) is 0 Å². The molecule has 0 bridgehead atoms.